The van der Waals surface area contributed by atoms with Gasteiger partial charge in [0, 0.05) is 37.8 Å². The summed E-state index contributed by atoms with van der Waals surface area (Å²) in [6.07, 6.45) is 6.75. The molecule has 1 fully saturated rings. The van der Waals surface area contributed by atoms with Crippen LogP contribution in [0.3, 0.4) is 0 Å². The minimum atomic E-state index is 0.0126. The predicted molar refractivity (Wildman–Crippen MR) is 154 cm³/mol. The quantitative estimate of drug-likeness (QED) is 0.0679. The van der Waals surface area contributed by atoms with Crippen LogP contribution in [0.25, 0.3) is 0 Å². The van der Waals surface area contributed by atoms with Gasteiger partial charge in [0.1, 0.15) is 12.4 Å². The lowest BCUT2D eigenvalue weighted by Crippen LogP contribution is -2.48. The average molecular weight is 517 g/mol. The summed E-state index contributed by atoms with van der Waals surface area (Å²) >= 11 is 0. The topological polar surface area (TPSA) is 122 Å². The molecule has 2 aromatic rings. The molecule has 1 atom stereocenters. The molecule has 2 aromatic carbocycles. The van der Waals surface area contributed by atoms with E-state index in [2.05, 4.69) is 54.1 Å². The standard InChI is InChI=1S/C18H22N4O2.C12H18N2/c1-2-3-15(8-11-23)14-16-4-6-17(7-5-16)18(20)22(21)10-13-24-12-9-19;1-11-9-14(8-7-13-11)10-12-5-3-2-4-6-12/h2-8,11,20,23H,1,10,12-14,21H2;2-6,11,13H,7-10H2,1H3/b11-8+,15-3+,20-18?;. The van der Waals surface area contributed by atoms with Crippen molar-refractivity contribution in [3.8, 4) is 6.07 Å². The normalized spacial score (nSPS) is 15.8. The summed E-state index contributed by atoms with van der Waals surface area (Å²) in [5.41, 5.74) is 4.07. The Labute approximate surface area is 226 Å². The summed E-state index contributed by atoms with van der Waals surface area (Å²) in [5, 5.41) is 30.1. The monoisotopic (exact) mass is 516 g/mol. The lowest BCUT2D eigenvalue weighted by Gasteiger charge is -2.31. The fourth-order valence-electron chi connectivity index (χ4n) is 3.99. The number of piperazine rings is 1. The molecule has 0 radical (unpaired) electrons. The van der Waals surface area contributed by atoms with Crippen LogP contribution >= 0.6 is 0 Å². The summed E-state index contributed by atoms with van der Waals surface area (Å²) in [7, 11) is 0. The number of ether oxygens (including phenoxy) is 1. The van der Waals surface area contributed by atoms with Crippen LogP contribution in [0.1, 0.15) is 23.6 Å². The van der Waals surface area contributed by atoms with E-state index in [4.69, 9.17) is 26.4 Å². The summed E-state index contributed by atoms with van der Waals surface area (Å²) in [5.74, 6) is 6.00. The maximum atomic E-state index is 8.89. The van der Waals surface area contributed by atoms with Gasteiger partial charge >= 0.3 is 0 Å². The Hall–Kier alpha value is -3.74. The molecule has 1 heterocycles. The highest BCUT2D eigenvalue weighted by molar-refractivity contribution is 5.95. The largest absolute Gasteiger partial charge is 0.516 e. The van der Waals surface area contributed by atoms with Crippen molar-refractivity contribution >= 4 is 5.84 Å². The van der Waals surface area contributed by atoms with Crippen molar-refractivity contribution < 1.29 is 9.84 Å². The van der Waals surface area contributed by atoms with E-state index < -0.39 is 0 Å². The number of allylic oxidation sites excluding steroid dienone is 4. The summed E-state index contributed by atoms with van der Waals surface area (Å²) < 4.78 is 5.03. The fraction of sp³-hybridized carbons (Fsp3) is 0.333. The van der Waals surface area contributed by atoms with E-state index in [9.17, 15) is 0 Å². The van der Waals surface area contributed by atoms with Crippen LogP contribution in [0.2, 0.25) is 0 Å². The number of hydrogen-bond acceptors (Lipinski definition) is 7. The molecule has 0 aromatic heterocycles. The maximum absolute atomic E-state index is 8.89. The highest BCUT2D eigenvalue weighted by atomic mass is 16.5. The Morgan fingerprint density at radius 3 is 2.63 bits per heavy atom. The Morgan fingerprint density at radius 2 is 2.00 bits per heavy atom. The first-order valence-electron chi connectivity index (χ1n) is 12.7. The van der Waals surface area contributed by atoms with Gasteiger partial charge in [0.05, 0.1) is 25.5 Å². The number of benzene rings is 2. The van der Waals surface area contributed by atoms with Crippen LogP contribution in [0.5, 0.6) is 0 Å². The highest BCUT2D eigenvalue weighted by Gasteiger charge is 2.15. The molecule has 202 valence electrons. The van der Waals surface area contributed by atoms with E-state index in [1.54, 1.807) is 12.2 Å². The number of nitrogens with one attached hydrogen (secondary N) is 2. The first kappa shape index (κ1) is 30.5. The van der Waals surface area contributed by atoms with Gasteiger partial charge in [-0.05, 0) is 36.1 Å². The molecule has 8 nitrogen and oxygen atoms in total. The molecule has 0 spiro atoms. The summed E-state index contributed by atoms with van der Waals surface area (Å²) in [4.78, 5) is 2.51. The number of aliphatic hydroxyl groups excluding tert-OH is 1. The van der Waals surface area contributed by atoms with Crippen LogP contribution in [-0.4, -0.2) is 66.3 Å². The number of nitrogens with two attached hydrogens (primary N) is 1. The average Bonchev–Trinajstić information content (AvgIpc) is 2.92. The smallest absolute Gasteiger partial charge is 0.142 e. The van der Waals surface area contributed by atoms with Gasteiger partial charge in [-0.2, -0.15) is 5.26 Å². The fourth-order valence-corrected chi connectivity index (χ4v) is 3.99. The number of aliphatic hydroxyl groups is 1. The molecule has 0 bridgehead atoms. The molecule has 5 N–H and O–H groups in total. The highest BCUT2D eigenvalue weighted by Crippen LogP contribution is 2.12. The summed E-state index contributed by atoms with van der Waals surface area (Å²) in [6.45, 7) is 11.1. The van der Waals surface area contributed by atoms with E-state index >= 15 is 0 Å². The number of hydrogen-bond donors (Lipinski definition) is 4. The van der Waals surface area contributed by atoms with Crippen molar-refractivity contribution in [3.05, 3.63) is 108 Å². The van der Waals surface area contributed by atoms with Crippen molar-refractivity contribution in [2.75, 3.05) is 39.4 Å². The Morgan fingerprint density at radius 1 is 1.26 bits per heavy atom. The molecular weight excluding hydrogens is 476 g/mol. The number of amidine groups is 1. The second-order valence-corrected chi connectivity index (χ2v) is 9.00. The lowest BCUT2D eigenvalue weighted by molar-refractivity contribution is 0.148. The molecule has 0 aliphatic carbocycles. The summed E-state index contributed by atoms with van der Waals surface area (Å²) in [6, 6.07) is 20.7. The van der Waals surface area contributed by atoms with Crippen LogP contribution in [0, 0.1) is 16.7 Å². The Bertz CT molecular complexity index is 1080. The van der Waals surface area contributed by atoms with Gasteiger partial charge in [0.25, 0.3) is 0 Å². The molecule has 1 unspecified atom stereocenters. The van der Waals surface area contributed by atoms with Crippen LogP contribution in [0.4, 0.5) is 0 Å². The molecule has 38 heavy (non-hydrogen) atoms. The van der Waals surface area contributed by atoms with E-state index in [-0.39, 0.29) is 19.0 Å². The Balaban J connectivity index is 0.000000304. The van der Waals surface area contributed by atoms with Crippen molar-refractivity contribution in [2.45, 2.75) is 25.9 Å². The van der Waals surface area contributed by atoms with Gasteiger partial charge in [-0.3, -0.25) is 15.3 Å². The third kappa shape index (κ3) is 11.5. The van der Waals surface area contributed by atoms with Gasteiger partial charge in [-0.1, -0.05) is 73.3 Å². The number of rotatable bonds is 11. The van der Waals surface area contributed by atoms with Crippen molar-refractivity contribution in [3.63, 3.8) is 0 Å². The second kappa shape index (κ2) is 17.7. The minimum Gasteiger partial charge on any atom is -0.516 e. The van der Waals surface area contributed by atoms with Gasteiger partial charge in [0.2, 0.25) is 0 Å². The Kier molecular flexibility index (Phi) is 14.2. The zero-order valence-electron chi connectivity index (χ0n) is 22.2. The first-order valence-corrected chi connectivity index (χ1v) is 12.7. The molecule has 3 rings (SSSR count). The van der Waals surface area contributed by atoms with Crippen LogP contribution in [-0.2, 0) is 17.7 Å². The first-order chi connectivity index (χ1) is 18.5. The molecular formula is C30H40N6O2. The molecule has 8 heteroatoms. The van der Waals surface area contributed by atoms with E-state index in [1.165, 1.54) is 17.1 Å². The third-order valence-electron chi connectivity index (χ3n) is 5.89. The third-order valence-corrected chi connectivity index (χ3v) is 5.89. The van der Waals surface area contributed by atoms with E-state index in [0.717, 1.165) is 37.0 Å². The number of nitriles is 1. The van der Waals surface area contributed by atoms with Crippen molar-refractivity contribution in [2.24, 2.45) is 5.84 Å². The number of hydrazine groups is 1. The van der Waals surface area contributed by atoms with Gasteiger partial charge in [0.15, 0.2) is 0 Å². The molecule has 0 saturated carbocycles. The maximum Gasteiger partial charge on any atom is 0.142 e. The van der Waals surface area contributed by atoms with Gasteiger partial charge < -0.3 is 15.2 Å². The zero-order valence-corrected chi connectivity index (χ0v) is 22.2. The van der Waals surface area contributed by atoms with Crippen LogP contribution in [0.15, 0.2) is 91.2 Å². The molecule has 0 amide bonds. The predicted octanol–water partition coefficient (Wildman–Crippen LogP) is 3.93. The zero-order chi connectivity index (χ0) is 27.6. The van der Waals surface area contributed by atoms with Crippen molar-refractivity contribution in [1.82, 2.24) is 15.2 Å². The van der Waals surface area contributed by atoms with Crippen molar-refractivity contribution in [1.29, 1.82) is 10.7 Å². The molecule has 1 aliphatic rings. The SMILES string of the molecule is C=C/C=C(\C=C\O)Cc1ccc(C(=N)N(N)CCOCC#N)cc1.CC1CN(Cc2ccccc2)CCN1. The van der Waals surface area contributed by atoms with E-state index in [1.807, 2.05) is 36.4 Å². The second-order valence-electron chi connectivity index (χ2n) is 9.00. The van der Waals surface area contributed by atoms with Gasteiger partial charge in [-0.15, -0.1) is 0 Å². The minimum absolute atomic E-state index is 0.0126. The van der Waals surface area contributed by atoms with Gasteiger partial charge in [-0.25, -0.2) is 5.84 Å². The van der Waals surface area contributed by atoms with Crippen LogP contribution < -0.4 is 11.2 Å². The number of nitrogens with zero attached hydrogens (tertiary/aromatic N) is 3. The molecule has 1 saturated heterocycles. The molecule has 1 aliphatic heterocycles. The lowest BCUT2D eigenvalue weighted by atomic mass is 10.0. The van der Waals surface area contributed by atoms with E-state index in [0.29, 0.717) is 24.6 Å².